The summed E-state index contributed by atoms with van der Waals surface area (Å²) in [4.78, 5) is 17.3. The van der Waals surface area contributed by atoms with Gasteiger partial charge in [-0.3, -0.25) is 4.79 Å². The summed E-state index contributed by atoms with van der Waals surface area (Å²) >= 11 is 0. The van der Waals surface area contributed by atoms with Crippen LogP contribution < -0.4 is 10.2 Å². The topological polar surface area (TPSA) is 73.0 Å². The lowest BCUT2D eigenvalue weighted by atomic mass is 10.2. The van der Waals surface area contributed by atoms with Crippen LogP contribution in [0.15, 0.2) is 59.5 Å². The van der Waals surface area contributed by atoms with E-state index in [4.69, 9.17) is 0 Å². The third-order valence-corrected chi connectivity index (χ3v) is 8.17. The van der Waals surface area contributed by atoms with Gasteiger partial charge in [0.05, 0.1) is 22.8 Å². The minimum Gasteiger partial charge on any atom is -0.374 e. The van der Waals surface area contributed by atoms with Crippen LogP contribution in [-0.4, -0.2) is 69.3 Å². The molecule has 0 spiro atoms. The largest absolute Gasteiger partial charge is 0.374 e. The quantitative estimate of drug-likeness (QED) is 0.723. The van der Waals surface area contributed by atoms with Gasteiger partial charge in [0.25, 0.3) is 0 Å². The molecule has 2 heterocycles. The first-order chi connectivity index (χ1) is 15.6. The molecule has 0 aromatic heterocycles. The van der Waals surface area contributed by atoms with Crippen molar-refractivity contribution in [3.8, 4) is 0 Å². The van der Waals surface area contributed by atoms with Crippen LogP contribution in [0.3, 0.4) is 0 Å². The van der Waals surface area contributed by atoms with Gasteiger partial charge in [0.2, 0.25) is 15.9 Å². The summed E-state index contributed by atoms with van der Waals surface area (Å²) in [5.41, 5.74) is 2.13. The molecule has 0 unspecified atom stereocenters. The SMILES string of the molecule is O=C(CNc1ccccc1N1CCCCCC1)N1CCN(S(=O)(=O)c2ccccc2)CC1. The van der Waals surface area contributed by atoms with E-state index >= 15 is 0 Å². The van der Waals surface area contributed by atoms with Crippen molar-refractivity contribution in [2.75, 3.05) is 56.0 Å². The van der Waals surface area contributed by atoms with Crippen molar-refractivity contribution in [1.29, 1.82) is 0 Å². The maximum Gasteiger partial charge on any atom is 0.243 e. The van der Waals surface area contributed by atoms with Crippen LogP contribution >= 0.6 is 0 Å². The van der Waals surface area contributed by atoms with Gasteiger partial charge in [-0.15, -0.1) is 0 Å². The van der Waals surface area contributed by atoms with Crippen LogP contribution in [0.25, 0.3) is 0 Å². The predicted molar refractivity (Wildman–Crippen MR) is 127 cm³/mol. The molecule has 2 aromatic carbocycles. The fourth-order valence-corrected chi connectivity index (χ4v) is 5.86. The maximum absolute atomic E-state index is 12.8. The molecule has 32 heavy (non-hydrogen) atoms. The van der Waals surface area contributed by atoms with E-state index in [1.54, 1.807) is 35.2 Å². The molecule has 2 fully saturated rings. The molecule has 2 aliphatic rings. The van der Waals surface area contributed by atoms with E-state index in [0.29, 0.717) is 31.1 Å². The Morgan fingerprint density at radius 3 is 2.09 bits per heavy atom. The number of nitrogens with one attached hydrogen (secondary N) is 1. The predicted octanol–water partition coefficient (Wildman–Crippen LogP) is 3.01. The minimum absolute atomic E-state index is 0.00701. The Bertz CT molecular complexity index is 997. The Labute approximate surface area is 191 Å². The Hall–Kier alpha value is -2.58. The van der Waals surface area contributed by atoms with E-state index < -0.39 is 10.0 Å². The smallest absolute Gasteiger partial charge is 0.243 e. The highest BCUT2D eigenvalue weighted by Gasteiger charge is 2.30. The van der Waals surface area contributed by atoms with E-state index in [9.17, 15) is 13.2 Å². The average molecular weight is 457 g/mol. The van der Waals surface area contributed by atoms with Crippen LogP contribution in [0.2, 0.25) is 0 Å². The monoisotopic (exact) mass is 456 g/mol. The number of benzene rings is 2. The van der Waals surface area contributed by atoms with Gasteiger partial charge in [0.15, 0.2) is 0 Å². The molecule has 2 saturated heterocycles. The summed E-state index contributed by atoms with van der Waals surface area (Å²) in [6.07, 6.45) is 4.94. The molecule has 4 rings (SSSR count). The van der Waals surface area contributed by atoms with Crippen molar-refractivity contribution in [2.45, 2.75) is 30.6 Å². The van der Waals surface area contributed by atoms with Crippen LogP contribution in [0, 0.1) is 0 Å². The third-order valence-electron chi connectivity index (χ3n) is 6.25. The first-order valence-corrected chi connectivity index (χ1v) is 12.9. The second-order valence-electron chi connectivity index (χ2n) is 8.37. The molecule has 1 N–H and O–H groups in total. The van der Waals surface area contributed by atoms with Crippen LogP contribution in [0.4, 0.5) is 11.4 Å². The molecular formula is C24H32N4O3S. The molecule has 8 heteroatoms. The summed E-state index contributed by atoms with van der Waals surface area (Å²) in [5, 5.41) is 3.33. The fourth-order valence-electron chi connectivity index (χ4n) is 4.41. The zero-order valence-electron chi connectivity index (χ0n) is 18.4. The van der Waals surface area contributed by atoms with Crippen molar-refractivity contribution in [3.63, 3.8) is 0 Å². The number of amides is 1. The summed E-state index contributed by atoms with van der Waals surface area (Å²) < 4.78 is 27.1. The van der Waals surface area contributed by atoms with E-state index in [2.05, 4.69) is 16.3 Å². The lowest BCUT2D eigenvalue weighted by Crippen LogP contribution is -2.51. The number of carbonyl (C=O) groups excluding carboxylic acids is 1. The maximum atomic E-state index is 12.8. The standard InChI is InChI=1S/C24H32N4O3S/c29-24(20-25-22-12-6-7-13-23(22)26-14-8-1-2-9-15-26)27-16-18-28(19-17-27)32(30,31)21-10-4-3-5-11-21/h3-7,10-13,25H,1-2,8-9,14-20H2. The van der Waals surface area contributed by atoms with E-state index in [1.807, 2.05) is 18.2 Å². The highest BCUT2D eigenvalue weighted by molar-refractivity contribution is 7.89. The third kappa shape index (κ3) is 5.24. The van der Waals surface area contributed by atoms with Gasteiger partial charge in [-0.2, -0.15) is 4.31 Å². The Morgan fingerprint density at radius 1 is 0.781 bits per heavy atom. The van der Waals surface area contributed by atoms with Crippen LogP contribution in [-0.2, 0) is 14.8 Å². The molecule has 0 saturated carbocycles. The molecule has 2 aliphatic heterocycles. The van der Waals surface area contributed by atoms with Gasteiger partial charge in [-0.05, 0) is 37.1 Å². The fraction of sp³-hybridized carbons (Fsp3) is 0.458. The van der Waals surface area contributed by atoms with Gasteiger partial charge in [0.1, 0.15) is 0 Å². The molecule has 0 bridgehead atoms. The van der Waals surface area contributed by atoms with E-state index in [1.165, 1.54) is 30.0 Å². The molecular weight excluding hydrogens is 424 g/mol. The summed E-state index contributed by atoms with van der Waals surface area (Å²) in [5.74, 6) is -0.00701. The van der Waals surface area contributed by atoms with Crippen molar-refractivity contribution in [3.05, 3.63) is 54.6 Å². The van der Waals surface area contributed by atoms with Crippen molar-refractivity contribution >= 4 is 27.3 Å². The molecule has 2 aromatic rings. The van der Waals surface area contributed by atoms with Gasteiger partial charge in [-0.1, -0.05) is 43.2 Å². The molecule has 7 nitrogen and oxygen atoms in total. The lowest BCUT2D eigenvalue weighted by Gasteiger charge is -2.34. The number of sulfonamides is 1. The zero-order chi connectivity index (χ0) is 22.4. The Morgan fingerprint density at radius 2 is 1.41 bits per heavy atom. The minimum atomic E-state index is -3.51. The van der Waals surface area contributed by atoms with Crippen LogP contribution in [0.5, 0.6) is 0 Å². The molecule has 1 amide bonds. The average Bonchev–Trinajstić information content (AvgIpc) is 3.13. The van der Waals surface area contributed by atoms with E-state index in [-0.39, 0.29) is 12.5 Å². The van der Waals surface area contributed by atoms with Gasteiger partial charge in [0, 0.05) is 39.3 Å². The lowest BCUT2D eigenvalue weighted by molar-refractivity contribution is -0.130. The van der Waals surface area contributed by atoms with E-state index in [0.717, 1.165) is 24.5 Å². The van der Waals surface area contributed by atoms with Gasteiger partial charge >= 0.3 is 0 Å². The number of nitrogens with zero attached hydrogens (tertiary/aromatic N) is 3. The van der Waals surface area contributed by atoms with Crippen LogP contribution in [0.1, 0.15) is 25.7 Å². The number of rotatable bonds is 6. The number of para-hydroxylation sites is 2. The summed E-state index contributed by atoms with van der Waals surface area (Å²) in [7, 11) is -3.51. The second-order valence-corrected chi connectivity index (χ2v) is 10.3. The number of hydrogen-bond donors (Lipinski definition) is 1. The highest BCUT2D eigenvalue weighted by Crippen LogP contribution is 2.28. The zero-order valence-corrected chi connectivity index (χ0v) is 19.3. The Kier molecular flexibility index (Phi) is 7.32. The first kappa shape index (κ1) is 22.6. The highest BCUT2D eigenvalue weighted by atomic mass is 32.2. The second kappa shape index (κ2) is 10.4. The molecule has 0 atom stereocenters. The molecule has 172 valence electrons. The van der Waals surface area contributed by atoms with Crippen molar-refractivity contribution < 1.29 is 13.2 Å². The first-order valence-electron chi connectivity index (χ1n) is 11.5. The Balaban J connectivity index is 1.33. The van der Waals surface area contributed by atoms with Gasteiger partial charge < -0.3 is 15.1 Å². The summed E-state index contributed by atoms with van der Waals surface area (Å²) in [6.45, 7) is 3.73. The number of piperazine rings is 1. The molecule has 0 aliphatic carbocycles. The van der Waals surface area contributed by atoms with Gasteiger partial charge in [-0.25, -0.2) is 8.42 Å². The number of hydrogen-bond acceptors (Lipinski definition) is 5. The number of anilines is 2. The van der Waals surface area contributed by atoms with Crippen molar-refractivity contribution in [2.24, 2.45) is 0 Å². The normalized spacial score (nSPS) is 18.2. The molecule has 0 radical (unpaired) electrons. The van der Waals surface area contributed by atoms with Crippen molar-refractivity contribution in [1.82, 2.24) is 9.21 Å². The number of carbonyl (C=O) groups is 1. The summed E-state index contributed by atoms with van der Waals surface area (Å²) in [6, 6.07) is 16.6.